The van der Waals surface area contributed by atoms with Gasteiger partial charge in [-0.15, -0.1) is 0 Å². The Bertz CT molecular complexity index is 462. The van der Waals surface area contributed by atoms with Gasteiger partial charge < -0.3 is 20.5 Å². The Morgan fingerprint density at radius 1 is 1.40 bits per heavy atom. The number of benzene rings is 1. The lowest BCUT2D eigenvalue weighted by atomic mass is 10.1. The fourth-order valence-corrected chi connectivity index (χ4v) is 1.70. The minimum Gasteiger partial charge on any atom is -0.478 e. The molecule has 0 fully saturated rings. The topological polar surface area (TPSA) is 87.7 Å². The van der Waals surface area contributed by atoms with Gasteiger partial charge >= 0.3 is 12.0 Å². The molecule has 1 aromatic carbocycles. The van der Waals surface area contributed by atoms with Crippen LogP contribution in [-0.2, 0) is 11.3 Å². The SMILES string of the molecule is CCC(COC)NC(=O)NCc1cccc(C(=O)O)c1. The van der Waals surface area contributed by atoms with Crippen LogP contribution >= 0.6 is 0 Å². The predicted octanol–water partition coefficient (Wildman–Crippen LogP) is 1.61. The van der Waals surface area contributed by atoms with Gasteiger partial charge in [0.2, 0.25) is 0 Å². The molecule has 0 heterocycles. The van der Waals surface area contributed by atoms with E-state index in [9.17, 15) is 9.59 Å². The fourth-order valence-electron chi connectivity index (χ4n) is 1.70. The monoisotopic (exact) mass is 280 g/mol. The highest BCUT2D eigenvalue weighted by Crippen LogP contribution is 2.05. The third kappa shape index (κ3) is 5.27. The van der Waals surface area contributed by atoms with Crippen molar-refractivity contribution in [2.75, 3.05) is 13.7 Å². The van der Waals surface area contributed by atoms with E-state index in [4.69, 9.17) is 9.84 Å². The summed E-state index contributed by atoms with van der Waals surface area (Å²) < 4.78 is 4.99. The maximum Gasteiger partial charge on any atom is 0.335 e. The zero-order chi connectivity index (χ0) is 15.0. The standard InChI is InChI=1S/C14H20N2O4/c1-3-12(9-20-2)16-14(19)15-8-10-5-4-6-11(7-10)13(17)18/h4-7,12H,3,8-9H2,1-2H3,(H,17,18)(H2,15,16,19). The average Bonchev–Trinajstić information content (AvgIpc) is 2.45. The second-order valence-corrected chi connectivity index (χ2v) is 4.39. The number of carbonyl (C=O) groups is 2. The number of urea groups is 1. The molecule has 1 aromatic rings. The molecule has 20 heavy (non-hydrogen) atoms. The van der Waals surface area contributed by atoms with Gasteiger partial charge in [0.05, 0.1) is 18.2 Å². The summed E-state index contributed by atoms with van der Waals surface area (Å²) in [4.78, 5) is 22.5. The van der Waals surface area contributed by atoms with Crippen LogP contribution in [0.15, 0.2) is 24.3 Å². The first kappa shape index (κ1) is 16.0. The molecule has 110 valence electrons. The van der Waals surface area contributed by atoms with Gasteiger partial charge in [0.15, 0.2) is 0 Å². The van der Waals surface area contributed by atoms with Crippen molar-refractivity contribution in [3.63, 3.8) is 0 Å². The molecule has 1 unspecified atom stereocenters. The third-order valence-corrected chi connectivity index (χ3v) is 2.82. The van der Waals surface area contributed by atoms with Gasteiger partial charge in [-0.3, -0.25) is 0 Å². The number of aromatic carboxylic acids is 1. The van der Waals surface area contributed by atoms with Crippen LogP contribution < -0.4 is 10.6 Å². The lowest BCUT2D eigenvalue weighted by molar-refractivity contribution is 0.0696. The Morgan fingerprint density at radius 3 is 2.75 bits per heavy atom. The number of hydrogen-bond donors (Lipinski definition) is 3. The van der Waals surface area contributed by atoms with E-state index in [1.807, 2.05) is 6.92 Å². The number of rotatable bonds is 7. The summed E-state index contributed by atoms with van der Waals surface area (Å²) in [6.07, 6.45) is 0.774. The van der Waals surface area contributed by atoms with E-state index in [1.165, 1.54) is 12.1 Å². The van der Waals surface area contributed by atoms with Crippen LogP contribution in [0, 0.1) is 0 Å². The van der Waals surface area contributed by atoms with Crippen molar-refractivity contribution in [1.29, 1.82) is 0 Å². The Labute approximate surface area is 118 Å². The fraction of sp³-hybridized carbons (Fsp3) is 0.429. The molecule has 1 rings (SSSR count). The van der Waals surface area contributed by atoms with E-state index in [0.29, 0.717) is 6.61 Å². The molecule has 3 N–H and O–H groups in total. The number of carboxylic acid groups (broad SMARTS) is 1. The number of carboxylic acids is 1. The van der Waals surface area contributed by atoms with Crippen LogP contribution in [0.25, 0.3) is 0 Å². The van der Waals surface area contributed by atoms with Gasteiger partial charge in [-0.25, -0.2) is 9.59 Å². The molecule has 0 radical (unpaired) electrons. The van der Waals surface area contributed by atoms with Crippen LogP contribution in [0.4, 0.5) is 4.79 Å². The molecule has 0 aliphatic rings. The number of amides is 2. The number of nitrogens with one attached hydrogen (secondary N) is 2. The van der Waals surface area contributed by atoms with E-state index in [1.54, 1.807) is 19.2 Å². The molecular formula is C14H20N2O4. The van der Waals surface area contributed by atoms with Crippen molar-refractivity contribution in [3.05, 3.63) is 35.4 Å². The van der Waals surface area contributed by atoms with Crippen molar-refractivity contribution < 1.29 is 19.4 Å². The summed E-state index contributed by atoms with van der Waals surface area (Å²) in [7, 11) is 1.58. The van der Waals surface area contributed by atoms with Gasteiger partial charge in [-0.2, -0.15) is 0 Å². The van der Waals surface area contributed by atoms with Crippen molar-refractivity contribution in [1.82, 2.24) is 10.6 Å². The van der Waals surface area contributed by atoms with Gasteiger partial charge in [-0.05, 0) is 24.1 Å². The van der Waals surface area contributed by atoms with Crippen molar-refractivity contribution in [3.8, 4) is 0 Å². The molecule has 6 heteroatoms. The zero-order valence-corrected chi connectivity index (χ0v) is 11.7. The Kier molecular flexibility index (Phi) is 6.52. The van der Waals surface area contributed by atoms with Gasteiger partial charge in [0.25, 0.3) is 0 Å². The minimum atomic E-state index is -0.984. The lowest BCUT2D eigenvalue weighted by Crippen LogP contribution is -2.43. The molecular weight excluding hydrogens is 260 g/mol. The molecule has 0 bridgehead atoms. The number of carbonyl (C=O) groups excluding carboxylic acids is 1. The molecule has 1 atom stereocenters. The highest BCUT2D eigenvalue weighted by Gasteiger charge is 2.10. The minimum absolute atomic E-state index is 0.0367. The Morgan fingerprint density at radius 2 is 2.15 bits per heavy atom. The Hall–Kier alpha value is -2.08. The summed E-state index contributed by atoms with van der Waals surface area (Å²) in [6.45, 7) is 2.69. The number of methoxy groups -OCH3 is 1. The van der Waals surface area contributed by atoms with Crippen molar-refractivity contribution in [2.24, 2.45) is 0 Å². The van der Waals surface area contributed by atoms with Gasteiger partial charge in [0.1, 0.15) is 0 Å². The summed E-state index contributed by atoms with van der Waals surface area (Å²) in [6, 6.07) is 6.13. The third-order valence-electron chi connectivity index (χ3n) is 2.82. The van der Waals surface area contributed by atoms with Crippen LogP contribution in [-0.4, -0.2) is 36.9 Å². The lowest BCUT2D eigenvalue weighted by Gasteiger charge is -2.16. The van der Waals surface area contributed by atoms with Gasteiger partial charge in [0, 0.05) is 13.7 Å². The molecule has 6 nitrogen and oxygen atoms in total. The summed E-state index contributed by atoms with van der Waals surface area (Å²) in [5, 5.41) is 14.4. The highest BCUT2D eigenvalue weighted by molar-refractivity contribution is 5.87. The molecule has 0 aromatic heterocycles. The second kappa shape index (κ2) is 8.16. The number of ether oxygens (including phenoxy) is 1. The first-order valence-corrected chi connectivity index (χ1v) is 6.42. The second-order valence-electron chi connectivity index (χ2n) is 4.39. The molecule has 2 amide bonds. The van der Waals surface area contributed by atoms with Crippen LogP contribution in [0.1, 0.15) is 29.3 Å². The molecule has 0 saturated heterocycles. The highest BCUT2D eigenvalue weighted by atomic mass is 16.5. The summed E-state index contributed by atoms with van der Waals surface area (Å²) in [5.41, 5.74) is 0.940. The van der Waals surface area contributed by atoms with E-state index < -0.39 is 5.97 Å². The van der Waals surface area contributed by atoms with E-state index in [2.05, 4.69) is 10.6 Å². The first-order valence-electron chi connectivity index (χ1n) is 6.42. The molecule has 0 spiro atoms. The van der Waals surface area contributed by atoms with E-state index in [0.717, 1.165) is 12.0 Å². The Balaban J connectivity index is 2.48. The van der Waals surface area contributed by atoms with Gasteiger partial charge in [-0.1, -0.05) is 19.1 Å². The van der Waals surface area contributed by atoms with Crippen LogP contribution in [0.2, 0.25) is 0 Å². The average molecular weight is 280 g/mol. The van der Waals surface area contributed by atoms with E-state index >= 15 is 0 Å². The number of hydrogen-bond acceptors (Lipinski definition) is 3. The maximum absolute atomic E-state index is 11.7. The predicted molar refractivity (Wildman–Crippen MR) is 74.7 cm³/mol. The summed E-state index contributed by atoms with van der Waals surface area (Å²) in [5.74, 6) is -0.984. The largest absolute Gasteiger partial charge is 0.478 e. The normalized spacial score (nSPS) is 11.7. The first-order chi connectivity index (χ1) is 9.56. The van der Waals surface area contributed by atoms with E-state index in [-0.39, 0.29) is 24.2 Å². The maximum atomic E-state index is 11.7. The van der Waals surface area contributed by atoms with Crippen LogP contribution in [0.3, 0.4) is 0 Å². The smallest absolute Gasteiger partial charge is 0.335 e. The summed E-state index contributed by atoms with van der Waals surface area (Å²) >= 11 is 0. The van der Waals surface area contributed by atoms with Crippen molar-refractivity contribution in [2.45, 2.75) is 25.9 Å². The van der Waals surface area contributed by atoms with Crippen LogP contribution in [0.5, 0.6) is 0 Å². The quantitative estimate of drug-likeness (QED) is 0.708. The zero-order valence-electron chi connectivity index (χ0n) is 11.7. The molecule has 0 saturated carbocycles. The van der Waals surface area contributed by atoms with Crippen molar-refractivity contribution >= 4 is 12.0 Å². The molecule has 0 aliphatic heterocycles. The molecule has 0 aliphatic carbocycles.